The van der Waals surface area contributed by atoms with Gasteiger partial charge in [-0.25, -0.2) is 0 Å². The van der Waals surface area contributed by atoms with Crippen molar-refractivity contribution in [3.63, 3.8) is 0 Å². The average Bonchev–Trinajstić information content (AvgIpc) is 2.88. The third-order valence-electron chi connectivity index (χ3n) is 6.59. The van der Waals surface area contributed by atoms with E-state index in [1.165, 1.54) is 0 Å². The van der Waals surface area contributed by atoms with E-state index in [9.17, 15) is 9.59 Å². The quantitative estimate of drug-likeness (QED) is 0.323. The minimum Gasteiger partial charge on any atom is -0.377 e. The lowest BCUT2D eigenvalue weighted by atomic mass is 9.94. The molecule has 0 radical (unpaired) electrons. The summed E-state index contributed by atoms with van der Waals surface area (Å²) in [5, 5.41) is 3.37. The summed E-state index contributed by atoms with van der Waals surface area (Å²) in [7, 11) is 3.96. The zero-order valence-corrected chi connectivity index (χ0v) is 22.5. The topological polar surface area (TPSA) is 52.7 Å². The fourth-order valence-corrected chi connectivity index (χ4v) is 4.58. The molecule has 1 N–H and O–H groups in total. The van der Waals surface area contributed by atoms with Crippen molar-refractivity contribution >= 4 is 34.8 Å². The van der Waals surface area contributed by atoms with Gasteiger partial charge >= 0.3 is 0 Å². The number of carbonyl (C=O) groups excluding carboxylic acids is 2. The van der Waals surface area contributed by atoms with Crippen LogP contribution in [0.4, 0.5) is 11.4 Å². The fourth-order valence-electron chi connectivity index (χ4n) is 4.36. The first-order valence-corrected chi connectivity index (χ1v) is 12.9. The Morgan fingerprint density at radius 2 is 1.58 bits per heavy atom. The van der Waals surface area contributed by atoms with Crippen molar-refractivity contribution in [1.82, 2.24) is 4.90 Å². The summed E-state index contributed by atoms with van der Waals surface area (Å²) in [4.78, 5) is 30.7. The molecule has 0 saturated carbocycles. The van der Waals surface area contributed by atoms with E-state index < -0.39 is 0 Å². The number of nitrogens with zero attached hydrogens (tertiary/aromatic N) is 2. The monoisotopic (exact) mass is 505 g/mol. The predicted octanol–water partition coefficient (Wildman–Crippen LogP) is 6.98. The van der Waals surface area contributed by atoms with E-state index in [1.807, 2.05) is 72.4 Å². The van der Waals surface area contributed by atoms with Crippen molar-refractivity contribution in [3.8, 4) is 0 Å². The molecular weight excluding hydrogens is 470 g/mol. The molecule has 0 unspecified atom stereocenters. The molecule has 2 amide bonds. The molecule has 0 spiro atoms. The summed E-state index contributed by atoms with van der Waals surface area (Å²) < 4.78 is 0. The van der Waals surface area contributed by atoms with Gasteiger partial charge in [0.05, 0.1) is 16.5 Å². The van der Waals surface area contributed by atoms with Gasteiger partial charge in [0.25, 0.3) is 5.91 Å². The Balaban J connectivity index is 1.94. The molecule has 0 heterocycles. The third-order valence-corrected chi connectivity index (χ3v) is 6.92. The molecule has 5 nitrogen and oxygen atoms in total. The van der Waals surface area contributed by atoms with E-state index in [4.69, 9.17) is 11.6 Å². The second kappa shape index (κ2) is 12.6. The number of halogens is 1. The number of hydrogen-bond donors (Lipinski definition) is 1. The van der Waals surface area contributed by atoms with Crippen molar-refractivity contribution in [2.45, 2.75) is 52.1 Å². The van der Waals surface area contributed by atoms with E-state index in [0.29, 0.717) is 22.8 Å². The number of hydrogen-bond acceptors (Lipinski definition) is 3. The Labute approximate surface area is 220 Å². The van der Waals surface area contributed by atoms with Crippen LogP contribution >= 0.6 is 11.6 Å². The summed E-state index contributed by atoms with van der Waals surface area (Å²) in [5.74, 6) is -0.353. The lowest BCUT2D eigenvalue weighted by Gasteiger charge is -2.33. The van der Waals surface area contributed by atoms with Crippen LogP contribution in [0.5, 0.6) is 0 Å². The van der Waals surface area contributed by atoms with Crippen molar-refractivity contribution in [2.24, 2.45) is 0 Å². The van der Waals surface area contributed by atoms with Crippen molar-refractivity contribution in [3.05, 3.63) is 94.5 Å². The highest BCUT2D eigenvalue weighted by Crippen LogP contribution is 2.29. The molecule has 36 heavy (non-hydrogen) atoms. The largest absolute Gasteiger partial charge is 0.377 e. The molecule has 3 aromatic rings. The van der Waals surface area contributed by atoms with Crippen LogP contribution < -0.4 is 10.2 Å². The summed E-state index contributed by atoms with van der Waals surface area (Å²) in [6.45, 7) is 6.69. The highest BCUT2D eigenvalue weighted by atomic mass is 35.5. The Bertz CT molecular complexity index is 1180. The fraction of sp³-hybridized carbons (Fsp3) is 0.333. The highest BCUT2D eigenvalue weighted by molar-refractivity contribution is 6.34. The predicted molar refractivity (Wildman–Crippen MR) is 150 cm³/mol. The van der Waals surface area contributed by atoms with Gasteiger partial charge in [0, 0.05) is 38.1 Å². The first-order valence-electron chi connectivity index (χ1n) is 12.5. The number of anilines is 2. The zero-order chi connectivity index (χ0) is 26.2. The van der Waals surface area contributed by atoms with E-state index in [-0.39, 0.29) is 23.8 Å². The van der Waals surface area contributed by atoms with Gasteiger partial charge in [0.1, 0.15) is 0 Å². The maximum atomic E-state index is 13.9. The van der Waals surface area contributed by atoms with Crippen LogP contribution in [0.1, 0.15) is 61.0 Å². The molecular formula is C30H36ClN3O2. The summed E-state index contributed by atoms with van der Waals surface area (Å²) in [6, 6.07) is 22.8. The summed E-state index contributed by atoms with van der Waals surface area (Å²) >= 11 is 6.22. The Kier molecular flexibility index (Phi) is 9.54. The van der Waals surface area contributed by atoms with Gasteiger partial charge in [-0.3, -0.25) is 9.59 Å². The van der Waals surface area contributed by atoms with Crippen LogP contribution in [-0.4, -0.2) is 36.9 Å². The van der Waals surface area contributed by atoms with E-state index in [0.717, 1.165) is 29.7 Å². The Morgan fingerprint density at radius 1 is 0.917 bits per heavy atom. The van der Waals surface area contributed by atoms with Crippen LogP contribution in [-0.2, 0) is 11.3 Å². The van der Waals surface area contributed by atoms with Gasteiger partial charge in [-0.15, -0.1) is 0 Å². The molecule has 3 rings (SSSR count). The van der Waals surface area contributed by atoms with Gasteiger partial charge in [0.2, 0.25) is 5.91 Å². The molecule has 0 aliphatic rings. The molecule has 2 atom stereocenters. The van der Waals surface area contributed by atoms with E-state index in [2.05, 4.69) is 26.1 Å². The van der Waals surface area contributed by atoms with Crippen molar-refractivity contribution < 1.29 is 9.59 Å². The lowest BCUT2D eigenvalue weighted by molar-refractivity contribution is -0.135. The molecule has 0 aliphatic heterocycles. The smallest absolute Gasteiger partial charge is 0.257 e. The minimum atomic E-state index is -0.269. The van der Waals surface area contributed by atoms with Crippen LogP contribution in [0.25, 0.3) is 0 Å². The van der Waals surface area contributed by atoms with Crippen LogP contribution in [0, 0.1) is 0 Å². The molecule has 3 aromatic carbocycles. The van der Waals surface area contributed by atoms with Crippen molar-refractivity contribution in [1.29, 1.82) is 0 Å². The molecule has 0 saturated heterocycles. The second-order valence-electron chi connectivity index (χ2n) is 9.27. The number of rotatable bonds is 10. The standard InChI is InChI=1S/C30H36ClN3O2/c1-6-21(3)34(30(36)25(7-2)22-13-9-8-10-14-22)20-23-19-24(17-18-28(23)33(4)5)32-29(35)26-15-11-12-16-27(26)31/h8-19,21,25H,6-7,20H2,1-5H3,(H,32,35)/t21-,25+/m1/s1. The lowest BCUT2D eigenvalue weighted by Crippen LogP contribution is -2.41. The molecule has 190 valence electrons. The number of amides is 2. The van der Waals surface area contributed by atoms with Gasteiger partial charge < -0.3 is 15.1 Å². The average molecular weight is 506 g/mol. The van der Waals surface area contributed by atoms with Gasteiger partial charge in [-0.05, 0) is 61.2 Å². The minimum absolute atomic E-state index is 0.0617. The van der Waals surface area contributed by atoms with Gasteiger partial charge in [0.15, 0.2) is 0 Å². The molecule has 0 aromatic heterocycles. The Morgan fingerprint density at radius 3 is 2.19 bits per heavy atom. The van der Waals surface area contributed by atoms with E-state index >= 15 is 0 Å². The van der Waals surface area contributed by atoms with Crippen LogP contribution in [0.15, 0.2) is 72.8 Å². The Hall–Kier alpha value is -3.31. The van der Waals surface area contributed by atoms with Crippen LogP contribution in [0.3, 0.4) is 0 Å². The van der Waals surface area contributed by atoms with Crippen molar-refractivity contribution in [2.75, 3.05) is 24.3 Å². The first-order chi connectivity index (χ1) is 17.3. The van der Waals surface area contributed by atoms with Crippen LogP contribution in [0.2, 0.25) is 5.02 Å². The molecule has 0 aliphatic carbocycles. The number of carbonyl (C=O) groups is 2. The molecule has 0 fully saturated rings. The maximum absolute atomic E-state index is 13.9. The summed E-state index contributed by atoms with van der Waals surface area (Å²) in [6.07, 6.45) is 1.57. The molecule has 0 bridgehead atoms. The summed E-state index contributed by atoms with van der Waals surface area (Å²) in [5.41, 5.74) is 4.08. The highest BCUT2D eigenvalue weighted by Gasteiger charge is 2.28. The van der Waals surface area contributed by atoms with Gasteiger partial charge in [-0.2, -0.15) is 0 Å². The van der Waals surface area contributed by atoms with E-state index in [1.54, 1.807) is 24.3 Å². The maximum Gasteiger partial charge on any atom is 0.257 e. The SMILES string of the molecule is CC[C@H](C(=O)N(Cc1cc(NC(=O)c2ccccc2Cl)ccc1N(C)C)[C@H](C)CC)c1ccccc1. The third kappa shape index (κ3) is 6.46. The zero-order valence-electron chi connectivity index (χ0n) is 21.8. The number of benzene rings is 3. The second-order valence-corrected chi connectivity index (χ2v) is 9.67. The van der Waals surface area contributed by atoms with Gasteiger partial charge in [-0.1, -0.05) is 67.9 Å². The molecule has 6 heteroatoms. The normalized spacial score (nSPS) is 12.5. The number of nitrogens with one attached hydrogen (secondary N) is 1. The first kappa shape index (κ1) is 27.3.